The highest BCUT2D eigenvalue weighted by atomic mass is 16.5. The fourth-order valence-electron chi connectivity index (χ4n) is 1.03. The Morgan fingerprint density at radius 2 is 2.06 bits per heavy atom. The van der Waals surface area contributed by atoms with Crippen LogP contribution in [0, 0.1) is 5.92 Å². The second-order valence-corrected chi connectivity index (χ2v) is 3.92. The predicted molar refractivity (Wildman–Crippen MR) is 65.1 cm³/mol. The topological polar surface area (TPSA) is 80.9 Å². The standard InChI is InChI=1S/C10H24N4O2/c1-8(2)5-12-10(14-11)13-6-9(16-4)7-15-3/h8-9H,5-7,11H2,1-4H3,(H2,12,13,14). The lowest BCUT2D eigenvalue weighted by Gasteiger charge is -2.16. The van der Waals surface area contributed by atoms with Gasteiger partial charge in [-0.15, -0.1) is 0 Å². The van der Waals surface area contributed by atoms with E-state index in [0.717, 1.165) is 6.54 Å². The third-order valence-corrected chi connectivity index (χ3v) is 1.93. The Morgan fingerprint density at radius 1 is 1.38 bits per heavy atom. The van der Waals surface area contributed by atoms with Crippen LogP contribution in [0.15, 0.2) is 4.99 Å². The van der Waals surface area contributed by atoms with Gasteiger partial charge in [-0.3, -0.25) is 10.4 Å². The lowest BCUT2D eigenvalue weighted by molar-refractivity contribution is 0.0314. The molecular formula is C10H24N4O2. The molecule has 0 aromatic rings. The van der Waals surface area contributed by atoms with E-state index in [1.165, 1.54) is 0 Å². The van der Waals surface area contributed by atoms with Gasteiger partial charge in [0.1, 0.15) is 0 Å². The third kappa shape index (κ3) is 7.44. The van der Waals surface area contributed by atoms with Crippen molar-refractivity contribution in [2.24, 2.45) is 16.8 Å². The molecule has 0 aromatic heterocycles. The van der Waals surface area contributed by atoms with E-state index in [0.29, 0.717) is 25.0 Å². The molecule has 0 amide bonds. The summed E-state index contributed by atoms with van der Waals surface area (Å²) < 4.78 is 10.2. The first-order valence-electron chi connectivity index (χ1n) is 5.40. The van der Waals surface area contributed by atoms with Crippen molar-refractivity contribution in [1.82, 2.24) is 10.7 Å². The Balaban J connectivity index is 3.97. The first-order chi connectivity index (χ1) is 7.63. The van der Waals surface area contributed by atoms with E-state index in [2.05, 4.69) is 29.6 Å². The fraction of sp³-hybridized carbons (Fsp3) is 0.900. The number of rotatable bonds is 7. The monoisotopic (exact) mass is 232 g/mol. The van der Waals surface area contributed by atoms with Gasteiger partial charge in [0.25, 0.3) is 0 Å². The Kier molecular flexibility index (Phi) is 8.88. The Hall–Kier alpha value is -0.850. The Bertz CT molecular complexity index is 197. The average molecular weight is 232 g/mol. The number of hydrazine groups is 1. The van der Waals surface area contributed by atoms with Crippen molar-refractivity contribution in [1.29, 1.82) is 0 Å². The second kappa shape index (κ2) is 9.38. The molecule has 0 saturated heterocycles. The van der Waals surface area contributed by atoms with E-state index in [1.54, 1.807) is 14.2 Å². The van der Waals surface area contributed by atoms with Gasteiger partial charge in [0.15, 0.2) is 0 Å². The maximum absolute atomic E-state index is 5.35. The molecule has 0 saturated carbocycles. The lowest BCUT2D eigenvalue weighted by atomic mass is 10.2. The minimum Gasteiger partial charge on any atom is -0.382 e. The average Bonchev–Trinajstić information content (AvgIpc) is 2.27. The van der Waals surface area contributed by atoms with Gasteiger partial charge in [-0.25, -0.2) is 5.84 Å². The second-order valence-electron chi connectivity index (χ2n) is 3.92. The first kappa shape index (κ1) is 15.2. The van der Waals surface area contributed by atoms with Crippen LogP contribution < -0.4 is 16.6 Å². The van der Waals surface area contributed by atoms with Gasteiger partial charge in [-0.05, 0) is 5.92 Å². The van der Waals surface area contributed by atoms with E-state index in [1.807, 2.05) is 0 Å². The molecule has 96 valence electrons. The quantitative estimate of drug-likeness (QED) is 0.243. The van der Waals surface area contributed by atoms with Crippen LogP contribution in [0.3, 0.4) is 0 Å². The van der Waals surface area contributed by atoms with Crippen LogP contribution in [0.2, 0.25) is 0 Å². The summed E-state index contributed by atoms with van der Waals surface area (Å²) in [7, 11) is 3.28. The molecule has 0 spiro atoms. The molecule has 0 fully saturated rings. The zero-order valence-electron chi connectivity index (χ0n) is 10.6. The number of nitrogens with zero attached hydrogens (tertiary/aromatic N) is 1. The first-order valence-corrected chi connectivity index (χ1v) is 5.40. The largest absolute Gasteiger partial charge is 0.382 e. The molecule has 4 N–H and O–H groups in total. The van der Waals surface area contributed by atoms with Crippen LogP contribution in [0.5, 0.6) is 0 Å². The van der Waals surface area contributed by atoms with Crippen molar-refractivity contribution in [3.63, 3.8) is 0 Å². The summed E-state index contributed by atoms with van der Waals surface area (Å²) in [5, 5.41) is 3.07. The summed E-state index contributed by atoms with van der Waals surface area (Å²) in [4.78, 5) is 4.28. The van der Waals surface area contributed by atoms with Crippen LogP contribution in [-0.4, -0.2) is 46.0 Å². The molecule has 0 aliphatic rings. The molecule has 0 bridgehead atoms. The van der Waals surface area contributed by atoms with E-state index < -0.39 is 0 Å². The maximum Gasteiger partial charge on any atom is 0.205 e. The Labute approximate surface area is 97.6 Å². The number of ether oxygens (including phenoxy) is 2. The van der Waals surface area contributed by atoms with Gasteiger partial charge in [-0.2, -0.15) is 0 Å². The molecule has 1 atom stereocenters. The summed E-state index contributed by atoms with van der Waals surface area (Å²) in [5.41, 5.74) is 2.52. The smallest absolute Gasteiger partial charge is 0.205 e. The SMILES string of the molecule is COCC(CNC(=NCC(C)C)NN)OC. The molecular weight excluding hydrogens is 208 g/mol. The minimum atomic E-state index is -0.0115. The van der Waals surface area contributed by atoms with Crippen LogP contribution in [0.1, 0.15) is 13.8 Å². The summed E-state index contributed by atoms with van der Waals surface area (Å²) in [6.07, 6.45) is -0.0115. The van der Waals surface area contributed by atoms with Gasteiger partial charge in [0.05, 0.1) is 12.7 Å². The molecule has 1 unspecified atom stereocenters. The van der Waals surface area contributed by atoms with Crippen molar-refractivity contribution in [2.45, 2.75) is 20.0 Å². The van der Waals surface area contributed by atoms with Gasteiger partial charge in [0, 0.05) is 27.3 Å². The number of hydrogen-bond donors (Lipinski definition) is 3. The fourth-order valence-corrected chi connectivity index (χ4v) is 1.03. The highest BCUT2D eigenvalue weighted by Crippen LogP contribution is 1.92. The van der Waals surface area contributed by atoms with E-state index in [-0.39, 0.29) is 6.10 Å². The molecule has 0 aromatic carbocycles. The van der Waals surface area contributed by atoms with E-state index in [9.17, 15) is 0 Å². The van der Waals surface area contributed by atoms with Crippen LogP contribution in [0.4, 0.5) is 0 Å². The molecule has 0 heterocycles. The summed E-state index contributed by atoms with van der Waals surface area (Å²) in [6, 6.07) is 0. The number of nitrogens with two attached hydrogens (primary N) is 1. The Morgan fingerprint density at radius 3 is 2.50 bits per heavy atom. The van der Waals surface area contributed by atoms with Crippen LogP contribution in [0.25, 0.3) is 0 Å². The third-order valence-electron chi connectivity index (χ3n) is 1.93. The normalized spacial score (nSPS) is 14.0. The predicted octanol–water partition coefficient (Wildman–Crippen LogP) is -0.287. The summed E-state index contributed by atoms with van der Waals surface area (Å²) >= 11 is 0. The van der Waals surface area contributed by atoms with Crippen molar-refractivity contribution in [3.8, 4) is 0 Å². The van der Waals surface area contributed by atoms with Crippen LogP contribution >= 0.6 is 0 Å². The van der Waals surface area contributed by atoms with E-state index in [4.69, 9.17) is 15.3 Å². The van der Waals surface area contributed by atoms with Crippen molar-refractivity contribution in [3.05, 3.63) is 0 Å². The summed E-state index contributed by atoms with van der Waals surface area (Å²) in [5.74, 6) is 6.42. The molecule has 0 aliphatic heterocycles. The van der Waals surface area contributed by atoms with Crippen molar-refractivity contribution < 1.29 is 9.47 Å². The molecule has 6 nitrogen and oxygen atoms in total. The lowest BCUT2D eigenvalue weighted by Crippen LogP contribution is -2.45. The van der Waals surface area contributed by atoms with Gasteiger partial charge < -0.3 is 14.8 Å². The molecule has 0 radical (unpaired) electrons. The molecule has 0 aliphatic carbocycles. The maximum atomic E-state index is 5.35. The number of methoxy groups -OCH3 is 2. The highest BCUT2D eigenvalue weighted by molar-refractivity contribution is 5.79. The summed E-state index contributed by atoms with van der Waals surface area (Å²) in [6.45, 7) is 6.06. The van der Waals surface area contributed by atoms with Gasteiger partial charge >= 0.3 is 0 Å². The van der Waals surface area contributed by atoms with Crippen molar-refractivity contribution in [2.75, 3.05) is 33.9 Å². The van der Waals surface area contributed by atoms with Gasteiger partial charge in [0.2, 0.25) is 5.96 Å². The number of hydrogen-bond acceptors (Lipinski definition) is 4. The number of nitrogens with one attached hydrogen (secondary N) is 2. The van der Waals surface area contributed by atoms with Crippen molar-refractivity contribution >= 4 is 5.96 Å². The number of aliphatic imine (C=N–C) groups is 1. The zero-order chi connectivity index (χ0) is 12.4. The molecule has 16 heavy (non-hydrogen) atoms. The zero-order valence-corrected chi connectivity index (χ0v) is 10.6. The van der Waals surface area contributed by atoms with E-state index >= 15 is 0 Å². The molecule has 6 heteroatoms. The highest BCUT2D eigenvalue weighted by Gasteiger charge is 2.07. The van der Waals surface area contributed by atoms with Crippen LogP contribution in [-0.2, 0) is 9.47 Å². The molecule has 0 rings (SSSR count). The number of guanidine groups is 1. The minimum absolute atomic E-state index is 0.0115. The van der Waals surface area contributed by atoms with Gasteiger partial charge in [-0.1, -0.05) is 13.8 Å².